The van der Waals surface area contributed by atoms with E-state index in [0.717, 1.165) is 19.6 Å². The van der Waals surface area contributed by atoms with E-state index in [1.807, 2.05) is 7.05 Å². The highest BCUT2D eigenvalue weighted by molar-refractivity contribution is 4.78. The molecule has 16 heavy (non-hydrogen) atoms. The molecule has 0 saturated carbocycles. The van der Waals surface area contributed by atoms with E-state index in [9.17, 15) is 0 Å². The number of hydrogen-bond acceptors (Lipinski definition) is 4. The fraction of sp³-hybridized carbons (Fsp3) is 1.00. The van der Waals surface area contributed by atoms with Gasteiger partial charge >= 0.3 is 0 Å². The van der Waals surface area contributed by atoms with Crippen LogP contribution in [0.1, 0.15) is 20.3 Å². The van der Waals surface area contributed by atoms with E-state index in [0.29, 0.717) is 31.8 Å². The van der Waals surface area contributed by atoms with Gasteiger partial charge in [0.25, 0.3) is 0 Å². The lowest BCUT2D eigenvalue weighted by atomic mass is 10.1. The van der Waals surface area contributed by atoms with Crippen molar-refractivity contribution in [2.45, 2.75) is 32.4 Å². The molecule has 1 heterocycles. The first-order valence-electron chi connectivity index (χ1n) is 6.18. The van der Waals surface area contributed by atoms with Gasteiger partial charge in [0, 0.05) is 19.3 Å². The molecule has 1 aliphatic heterocycles. The molecule has 1 saturated heterocycles. The standard InChI is InChI=1S/C12H25NO3/c1-10(2)8-15-6-7-16-12-9-14-5-4-11(12)13-3/h10-13H,4-9H2,1-3H3. The maximum atomic E-state index is 5.76. The minimum Gasteiger partial charge on any atom is -0.379 e. The third kappa shape index (κ3) is 5.25. The Morgan fingerprint density at radius 2 is 2.19 bits per heavy atom. The van der Waals surface area contributed by atoms with E-state index in [4.69, 9.17) is 14.2 Å². The van der Waals surface area contributed by atoms with E-state index in [-0.39, 0.29) is 6.10 Å². The van der Waals surface area contributed by atoms with E-state index in [2.05, 4.69) is 19.2 Å². The van der Waals surface area contributed by atoms with E-state index in [1.165, 1.54) is 0 Å². The molecule has 1 fully saturated rings. The number of likely N-dealkylation sites (N-methyl/N-ethyl adjacent to an activating group) is 1. The largest absolute Gasteiger partial charge is 0.379 e. The van der Waals surface area contributed by atoms with Gasteiger partial charge in [0.2, 0.25) is 0 Å². The van der Waals surface area contributed by atoms with Crippen LogP contribution in [0.4, 0.5) is 0 Å². The summed E-state index contributed by atoms with van der Waals surface area (Å²) in [7, 11) is 1.97. The lowest BCUT2D eigenvalue weighted by Crippen LogP contribution is -2.46. The highest BCUT2D eigenvalue weighted by Gasteiger charge is 2.24. The summed E-state index contributed by atoms with van der Waals surface area (Å²) in [6.45, 7) is 7.94. The molecule has 0 aliphatic carbocycles. The summed E-state index contributed by atoms with van der Waals surface area (Å²) >= 11 is 0. The van der Waals surface area contributed by atoms with Crippen LogP contribution in [0.2, 0.25) is 0 Å². The van der Waals surface area contributed by atoms with Crippen LogP contribution in [0.3, 0.4) is 0 Å². The van der Waals surface area contributed by atoms with E-state index in [1.54, 1.807) is 0 Å². The maximum absolute atomic E-state index is 5.76. The van der Waals surface area contributed by atoms with Crippen molar-refractivity contribution in [3.05, 3.63) is 0 Å². The Bertz CT molecular complexity index is 176. The van der Waals surface area contributed by atoms with Gasteiger partial charge in [0.1, 0.15) is 0 Å². The highest BCUT2D eigenvalue weighted by Crippen LogP contribution is 2.10. The number of rotatable bonds is 7. The zero-order valence-corrected chi connectivity index (χ0v) is 10.7. The number of hydrogen-bond donors (Lipinski definition) is 1. The lowest BCUT2D eigenvalue weighted by molar-refractivity contribution is -0.0810. The maximum Gasteiger partial charge on any atom is 0.0962 e. The summed E-state index contributed by atoms with van der Waals surface area (Å²) in [6.07, 6.45) is 1.19. The van der Waals surface area contributed by atoms with Crippen LogP contribution in [-0.4, -0.2) is 52.2 Å². The molecule has 0 aromatic heterocycles. The van der Waals surface area contributed by atoms with Crippen LogP contribution in [0.5, 0.6) is 0 Å². The average Bonchev–Trinajstić information content (AvgIpc) is 2.29. The third-order valence-electron chi connectivity index (χ3n) is 2.69. The fourth-order valence-corrected chi connectivity index (χ4v) is 1.78. The quantitative estimate of drug-likeness (QED) is 0.665. The monoisotopic (exact) mass is 231 g/mol. The molecule has 0 aromatic rings. The Labute approximate surface area is 98.6 Å². The van der Waals surface area contributed by atoms with Crippen molar-refractivity contribution in [1.82, 2.24) is 5.32 Å². The smallest absolute Gasteiger partial charge is 0.0962 e. The molecule has 4 heteroatoms. The Balaban J connectivity index is 2.06. The van der Waals surface area contributed by atoms with Gasteiger partial charge in [-0.25, -0.2) is 0 Å². The van der Waals surface area contributed by atoms with E-state index >= 15 is 0 Å². The predicted molar refractivity (Wildman–Crippen MR) is 63.7 cm³/mol. The molecule has 2 atom stereocenters. The van der Waals surface area contributed by atoms with Crippen molar-refractivity contribution < 1.29 is 14.2 Å². The molecule has 4 nitrogen and oxygen atoms in total. The van der Waals surface area contributed by atoms with Gasteiger partial charge in [-0.2, -0.15) is 0 Å². The molecule has 1 rings (SSSR count). The van der Waals surface area contributed by atoms with E-state index < -0.39 is 0 Å². The van der Waals surface area contributed by atoms with Crippen LogP contribution in [0.15, 0.2) is 0 Å². The first kappa shape index (κ1) is 13.9. The molecule has 96 valence electrons. The Kier molecular flexibility index (Phi) is 6.96. The van der Waals surface area contributed by atoms with Gasteiger partial charge in [-0.15, -0.1) is 0 Å². The van der Waals surface area contributed by atoms with Crippen LogP contribution in [0.25, 0.3) is 0 Å². The molecule has 0 spiro atoms. The zero-order chi connectivity index (χ0) is 11.8. The summed E-state index contributed by atoms with van der Waals surface area (Å²) in [5, 5.41) is 3.27. The van der Waals surface area contributed by atoms with Gasteiger partial charge < -0.3 is 19.5 Å². The molecule has 0 amide bonds. The molecule has 0 aromatic carbocycles. The van der Waals surface area contributed by atoms with Crippen molar-refractivity contribution in [2.24, 2.45) is 5.92 Å². The normalized spacial score (nSPS) is 26.2. The van der Waals surface area contributed by atoms with Gasteiger partial charge in [-0.05, 0) is 19.4 Å². The fourth-order valence-electron chi connectivity index (χ4n) is 1.78. The van der Waals surface area contributed by atoms with Crippen molar-refractivity contribution in [2.75, 3.05) is 40.1 Å². The molecule has 1 N–H and O–H groups in total. The lowest BCUT2D eigenvalue weighted by Gasteiger charge is -2.31. The first-order chi connectivity index (χ1) is 7.74. The minimum absolute atomic E-state index is 0.168. The SMILES string of the molecule is CNC1CCOCC1OCCOCC(C)C. The molecule has 1 aliphatic rings. The zero-order valence-electron chi connectivity index (χ0n) is 10.7. The first-order valence-corrected chi connectivity index (χ1v) is 6.18. The Hall–Kier alpha value is -0.160. The van der Waals surface area contributed by atoms with Crippen LogP contribution in [0, 0.1) is 5.92 Å². The van der Waals surface area contributed by atoms with Crippen molar-refractivity contribution in [3.63, 3.8) is 0 Å². The van der Waals surface area contributed by atoms with Crippen LogP contribution < -0.4 is 5.32 Å². The Morgan fingerprint density at radius 1 is 1.38 bits per heavy atom. The summed E-state index contributed by atoms with van der Waals surface area (Å²) in [4.78, 5) is 0. The van der Waals surface area contributed by atoms with Gasteiger partial charge in [0.05, 0.1) is 25.9 Å². The van der Waals surface area contributed by atoms with Crippen LogP contribution >= 0.6 is 0 Å². The highest BCUT2D eigenvalue weighted by atomic mass is 16.6. The average molecular weight is 231 g/mol. The van der Waals surface area contributed by atoms with Gasteiger partial charge in [-0.3, -0.25) is 0 Å². The van der Waals surface area contributed by atoms with Crippen LogP contribution in [-0.2, 0) is 14.2 Å². The minimum atomic E-state index is 0.168. The second-order valence-electron chi connectivity index (χ2n) is 4.64. The molecular weight excluding hydrogens is 206 g/mol. The molecular formula is C12H25NO3. The topological polar surface area (TPSA) is 39.7 Å². The second-order valence-corrected chi connectivity index (χ2v) is 4.64. The van der Waals surface area contributed by atoms with Crippen molar-refractivity contribution in [3.8, 4) is 0 Å². The summed E-state index contributed by atoms with van der Waals surface area (Å²) in [6, 6.07) is 0.416. The van der Waals surface area contributed by atoms with Crippen molar-refractivity contribution in [1.29, 1.82) is 0 Å². The predicted octanol–water partition coefficient (Wildman–Crippen LogP) is 1.05. The number of ether oxygens (including phenoxy) is 3. The van der Waals surface area contributed by atoms with Gasteiger partial charge in [-0.1, -0.05) is 13.8 Å². The van der Waals surface area contributed by atoms with Crippen molar-refractivity contribution >= 4 is 0 Å². The molecule has 0 radical (unpaired) electrons. The molecule has 2 unspecified atom stereocenters. The Morgan fingerprint density at radius 3 is 2.88 bits per heavy atom. The second kappa shape index (κ2) is 8.01. The summed E-state index contributed by atoms with van der Waals surface area (Å²) in [5.74, 6) is 0.586. The summed E-state index contributed by atoms with van der Waals surface area (Å²) in [5.41, 5.74) is 0. The summed E-state index contributed by atoms with van der Waals surface area (Å²) < 4.78 is 16.6. The number of nitrogens with one attached hydrogen (secondary N) is 1. The third-order valence-corrected chi connectivity index (χ3v) is 2.69. The van der Waals surface area contributed by atoms with Gasteiger partial charge in [0.15, 0.2) is 0 Å². The molecule has 0 bridgehead atoms.